The Morgan fingerprint density at radius 1 is 1.15 bits per heavy atom. The van der Waals surface area contributed by atoms with Crippen molar-refractivity contribution in [1.29, 1.82) is 0 Å². The van der Waals surface area contributed by atoms with Gasteiger partial charge in [0.1, 0.15) is 5.75 Å². The monoisotopic (exact) mass is 625 g/mol. The normalized spacial score (nSPS) is 11.3. The van der Waals surface area contributed by atoms with Gasteiger partial charge in [0, 0.05) is 32.2 Å². The molecular formula is C28H34IrNO3-. The first-order valence-corrected chi connectivity index (χ1v) is 10.8. The van der Waals surface area contributed by atoms with E-state index in [0.717, 1.165) is 39.9 Å². The quantitative estimate of drug-likeness (QED) is 0.195. The Bertz CT molecular complexity index is 1140. The van der Waals surface area contributed by atoms with Gasteiger partial charge in [-0.2, -0.15) is 0 Å². The summed E-state index contributed by atoms with van der Waals surface area (Å²) >= 11 is 0. The van der Waals surface area contributed by atoms with Crippen LogP contribution < -0.4 is 4.74 Å². The summed E-state index contributed by atoms with van der Waals surface area (Å²) in [5.74, 6) is 0.770. The number of allylic oxidation sites excluding steroid dienone is 2. The molecule has 1 aromatic heterocycles. The van der Waals surface area contributed by atoms with Crippen molar-refractivity contribution in [1.82, 2.24) is 4.98 Å². The predicted molar refractivity (Wildman–Crippen MR) is 132 cm³/mol. The minimum Gasteiger partial charge on any atom is -0.512 e. The van der Waals surface area contributed by atoms with E-state index in [1.165, 1.54) is 31.1 Å². The van der Waals surface area contributed by atoms with E-state index in [4.69, 9.17) is 14.8 Å². The van der Waals surface area contributed by atoms with Crippen molar-refractivity contribution < 1.29 is 34.7 Å². The molecule has 1 N–H and O–H groups in total. The van der Waals surface area contributed by atoms with Crippen LogP contribution in [0.5, 0.6) is 5.75 Å². The number of aryl methyl sites for hydroxylation is 2. The van der Waals surface area contributed by atoms with Crippen LogP contribution in [0, 0.1) is 13.0 Å². The van der Waals surface area contributed by atoms with Gasteiger partial charge in [0.2, 0.25) is 0 Å². The first-order valence-electron chi connectivity index (χ1n) is 10.8. The van der Waals surface area contributed by atoms with Crippen LogP contribution >= 0.6 is 0 Å². The van der Waals surface area contributed by atoms with Gasteiger partial charge >= 0.3 is 0 Å². The van der Waals surface area contributed by atoms with Crippen LogP contribution in [0.3, 0.4) is 0 Å². The molecule has 2 aromatic carbocycles. The molecule has 0 aliphatic heterocycles. The number of rotatable bonds is 4. The standard InChI is InChI=1S/C23H26NO.C5H8O2.Ir/c1-7-16-12-17-8-9-20(25-6)14-21(17)24-22(16)18-10-15(2)11-19(13-18)23(3,4)5;1-4(6)3-5(2)7;/h8-9,11-14H,7H2,1-6H3;3,6H,1-2H3;/q-1;;/b;4-3-;. The zero-order chi connectivity index (χ0) is 24.1. The predicted octanol–water partition coefficient (Wildman–Crippen LogP) is 6.91. The number of aromatic nitrogens is 1. The van der Waals surface area contributed by atoms with E-state index in [0.29, 0.717) is 0 Å². The Hall–Kier alpha value is -2.49. The van der Waals surface area contributed by atoms with E-state index in [9.17, 15) is 4.79 Å². The van der Waals surface area contributed by atoms with E-state index in [1.54, 1.807) is 7.11 Å². The smallest absolute Gasteiger partial charge is 0.155 e. The molecule has 1 heterocycles. The number of carbonyl (C=O) groups is 1. The molecular weight excluding hydrogens is 591 g/mol. The number of ether oxygens (including phenoxy) is 1. The van der Waals surface area contributed by atoms with Gasteiger partial charge < -0.3 is 9.84 Å². The van der Waals surface area contributed by atoms with Crippen molar-refractivity contribution in [3.63, 3.8) is 0 Å². The Balaban J connectivity index is 0.000000595. The molecule has 4 nitrogen and oxygen atoms in total. The summed E-state index contributed by atoms with van der Waals surface area (Å²) in [6.07, 6.45) is 2.11. The fourth-order valence-electron chi connectivity index (χ4n) is 3.39. The minimum atomic E-state index is -0.125. The summed E-state index contributed by atoms with van der Waals surface area (Å²) in [6.45, 7) is 13.9. The van der Waals surface area contributed by atoms with Crippen molar-refractivity contribution in [2.45, 2.75) is 60.3 Å². The van der Waals surface area contributed by atoms with Crippen molar-refractivity contribution in [3.8, 4) is 17.0 Å². The molecule has 1 radical (unpaired) electrons. The molecule has 5 heteroatoms. The second-order valence-corrected chi connectivity index (χ2v) is 9.02. The summed E-state index contributed by atoms with van der Waals surface area (Å²) in [6, 6.07) is 16.3. The molecule has 33 heavy (non-hydrogen) atoms. The van der Waals surface area contributed by atoms with Gasteiger partial charge in [-0.25, -0.2) is 0 Å². The third-order valence-corrected chi connectivity index (χ3v) is 5.02. The molecule has 179 valence electrons. The number of aliphatic hydroxyl groups excluding tert-OH is 1. The van der Waals surface area contributed by atoms with E-state index in [2.05, 4.69) is 65.0 Å². The van der Waals surface area contributed by atoms with E-state index < -0.39 is 0 Å². The van der Waals surface area contributed by atoms with Crippen LogP contribution in [-0.4, -0.2) is 23.0 Å². The molecule has 0 bridgehead atoms. The van der Waals surface area contributed by atoms with Gasteiger partial charge in [-0.3, -0.25) is 9.78 Å². The molecule has 0 saturated heterocycles. The maximum Gasteiger partial charge on any atom is 0.155 e. The Morgan fingerprint density at radius 2 is 1.82 bits per heavy atom. The number of pyridine rings is 1. The third kappa shape index (κ3) is 8.10. The Morgan fingerprint density at radius 3 is 2.30 bits per heavy atom. The number of hydrogen-bond donors (Lipinski definition) is 1. The second-order valence-electron chi connectivity index (χ2n) is 9.02. The van der Waals surface area contributed by atoms with Crippen LogP contribution in [0.4, 0.5) is 0 Å². The van der Waals surface area contributed by atoms with Gasteiger partial charge in [-0.05, 0) is 48.9 Å². The molecule has 3 aromatic rings. The average Bonchev–Trinajstić information content (AvgIpc) is 2.70. The second kappa shape index (κ2) is 12.1. The Kier molecular flexibility index (Phi) is 10.5. The number of methoxy groups -OCH3 is 1. The largest absolute Gasteiger partial charge is 0.512 e. The molecule has 0 saturated carbocycles. The zero-order valence-electron chi connectivity index (χ0n) is 20.8. The number of aliphatic hydroxyl groups is 1. The first-order chi connectivity index (χ1) is 14.9. The SMILES string of the molecule is CC(=O)/C=C(/C)O.CCc1cc2ccc(OC)cc2nc1-c1[c-]c(C)cc(C(C)(C)C)c1.[Ir]. The van der Waals surface area contributed by atoms with E-state index in [1.807, 2.05) is 12.1 Å². The van der Waals surface area contributed by atoms with Crippen LogP contribution in [0.2, 0.25) is 0 Å². The summed E-state index contributed by atoms with van der Waals surface area (Å²) < 4.78 is 5.36. The van der Waals surface area contributed by atoms with Crippen LogP contribution in [0.1, 0.15) is 58.2 Å². The average molecular weight is 625 g/mol. The molecule has 0 spiro atoms. The molecule has 0 aliphatic rings. The summed E-state index contributed by atoms with van der Waals surface area (Å²) in [7, 11) is 1.69. The molecule has 0 amide bonds. The maximum atomic E-state index is 10.0. The Labute approximate surface area is 211 Å². The fourth-order valence-corrected chi connectivity index (χ4v) is 3.39. The number of nitrogens with zero attached hydrogens (tertiary/aromatic N) is 1. The van der Waals surface area contributed by atoms with Gasteiger partial charge in [-0.15, -0.1) is 34.9 Å². The number of carbonyl (C=O) groups excluding carboxylic acids is 1. The van der Waals surface area contributed by atoms with Gasteiger partial charge in [-0.1, -0.05) is 46.2 Å². The summed E-state index contributed by atoms with van der Waals surface area (Å²) in [4.78, 5) is 15.0. The third-order valence-electron chi connectivity index (χ3n) is 5.02. The minimum absolute atomic E-state index is 0. The van der Waals surface area contributed by atoms with Gasteiger partial charge in [0.15, 0.2) is 5.78 Å². The van der Waals surface area contributed by atoms with Crippen molar-refractivity contribution in [3.05, 3.63) is 71.0 Å². The van der Waals surface area contributed by atoms with Crippen LogP contribution in [0.25, 0.3) is 22.2 Å². The molecule has 0 fully saturated rings. The van der Waals surface area contributed by atoms with E-state index >= 15 is 0 Å². The van der Waals surface area contributed by atoms with Gasteiger partial charge in [0.05, 0.1) is 18.4 Å². The maximum absolute atomic E-state index is 10.0. The number of fused-ring (bicyclic) bond motifs is 1. The molecule has 0 aliphatic carbocycles. The molecule has 0 atom stereocenters. The van der Waals surface area contributed by atoms with Crippen LogP contribution in [-0.2, 0) is 36.7 Å². The van der Waals surface area contributed by atoms with Crippen LogP contribution in [0.15, 0.2) is 48.2 Å². The summed E-state index contributed by atoms with van der Waals surface area (Å²) in [5.41, 5.74) is 6.87. The summed E-state index contributed by atoms with van der Waals surface area (Å²) in [5, 5.41) is 9.51. The zero-order valence-corrected chi connectivity index (χ0v) is 23.2. The van der Waals surface area contributed by atoms with Crippen molar-refractivity contribution >= 4 is 16.7 Å². The first kappa shape index (κ1) is 28.5. The number of benzene rings is 2. The number of ketones is 1. The van der Waals surface area contributed by atoms with Gasteiger partial charge in [0.25, 0.3) is 0 Å². The number of hydrogen-bond acceptors (Lipinski definition) is 4. The molecule has 0 unspecified atom stereocenters. The fraction of sp³-hybridized carbons (Fsp3) is 0.357. The molecule has 3 rings (SSSR count). The van der Waals surface area contributed by atoms with E-state index in [-0.39, 0.29) is 37.1 Å². The van der Waals surface area contributed by atoms with Crippen molar-refractivity contribution in [2.24, 2.45) is 0 Å². The topological polar surface area (TPSA) is 59.4 Å². The van der Waals surface area contributed by atoms with Crippen molar-refractivity contribution in [2.75, 3.05) is 7.11 Å².